The van der Waals surface area contributed by atoms with Gasteiger partial charge in [0.25, 0.3) is 0 Å². The van der Waals surface area contributed by atoms with Gasteiger partial charge in [-0.05, 0) is 18.9 Å². The van der Waals surface area contributed by atoms with Crippen molar-refractivity contribution in [3.05, 3.63) is 36.5 Å². The van der Waals surface area contributed by atoms with E-state index in [2.05, 4.69) is 25.3 Å². The maximum Gasteiger partial charge on any atom is 0.228 e. The summed E-state index contributed by atoms with van der Waals surface area (Å²) >= 11 is 0. The van der Waals surface area contributed by atoms with Gasteiger partial charge in [0.05, 0.1) is 5.69 Å². The standard InChI is InChI=1S/C17H22N6O/c1-12(2)16(24)23-10-4-13(5-11-23)14-15(19-9-8-18-14)22-17-20-6-3-7-21-17/h3,6-9,12-13H,4-5,10-11H2,1-2H3,(H,19,20,21,22). The minimum Gasteiger partial charge on any atom is -0.342 e. The third-order valence-electron chi connectivity index (χ3n) is 4.21. The van der Waals surface area contributed by atoms with E-state index in [1.54, 1.807) is 30.9 Å². The Bertz CT molecular complexity index is 682. The highest BCUT2D eigenvalue weighted by molar-refractivity contribution is 5.78. The van der Waals surface area contributed by atoms with Crippen LogP contribution in [0.25, 0.3) is 0 Å². The first-order valence-electron chi connectivity index (χ1n) is 8.29. The van der Waals surface area contributed by atoms with Gasteiger partial charge in [-0.15, -0.1) is 0 Å². The van der Waals surface area contributed by atoms with Crippen LogP contribution in [0.5, 0.6) is 0 Å². The summed E-state index contributed by atoms with van der Waals surface area (Å²) in [7, 11) is 0. The number of anilines is 2. The molecule has 1 saturated heterocycles. The molecule has 3 heterocycles. The molecule has 0 unspecified atom stereocenters. The molecule has 24 heavy (non-hydrogen) atoms. The molecule has 7 nitrogen and oxygen atoms in total. The van der Waals surface area contributed by atoms with Crippen LogP contribution in [0, 0.1) is 5.92 Å². The normalized spacial score (nSPS) is 15.5. The molecule has 0 aromatic carbocycles. The molecule has 0 radical (unpaired) electrons. The summed E-state index contributed by atoms with van der Waals surface area (Å²) in [6.07, 6.45) is 8.51. The monoisotopic (exact) mass is 326 g/mol. The van der Waals surface area contributed by atoms with Crippen molar-refractivity contribution in [3.8, 4) is 0 Å². The summed E-state index contributed by atoms with van der Waals surface area (Å²) in [5.41, 5.74) is 0.918. The number of hydrogen-bond donors (Lipinski definition) is 1. The van der Waals surface area contributed by atoms with Crippen molar-refractivity contribution in [2.45, 2.75) is 32.6 Å². The summed E-state index contributed by atoms with van der Waals surface area (Å²) in [6.45, 7) is 5.41. The second kappa shape index (κ2) is 7.33. The molecule has 2 aromatic rings. The average molecular weight is 326 g/mol. The summed E-state index contributed by atoms with van der Waals surface area (Å²) in [6, 6.07) is 1.77. The molecular weight excluding hydrogens is 304 g/mol. The topological polar surface area (TPSA) is 83.9 Å². The zero-order chi connectivity index (χ0) is 16.9. The van der Waals surface area contributed by atoms with Gasteiger partial charge in [0.2, 0.25) is 11.9 Å². The van der Waals surface area contributed by atoms with Crippen LogP contribution in [0.4, 0.5) is 11.8 Å². The van der Waals surface area contributed by atoms with Crippen LogP contribution in [0.3, 0.4) is 0 Å². The minimum atomic E-state index is 0.0468. The molecule has 1 N–H and O–H groups in total. The Morgan fingerprint density at radius 1 is 1.08 bits per heavy atom. The molecule has 1 aliphatic heterocycles. The Morgan fingerprint density at radius 3 is 2.42 bits per heavy atom. The van der Waals surface area contributed by atoms with Crippen molar-refractivity contribution in [1.29, 1.82) is 0 Å². The second-order valence-corrected chi connectivity index (χ2v) is 6.24. The molecule has 1 fully saturated rings. The maximum atomic E-state index is 12.1. The Labute approximate surface area is 141 Å². The van der Waals surface area contributed by atoms with Crippen LogP contribution in [0.15, 0.2) is 30.9 Å². The summed E-state index contributed by atoms with van der Waals surface area (Å²) in [5, 5.41) is 3.15. The van der Waals surface area contributed by atoms with Gasteiger partial charge in [-0.2, -0.15) is 0 Å². The zero-order valence-electron chi connectivity index (χ0n) is 14.0. The van der Waals surface area contributed by atoms with Crippen molar-refractivity contribution in [1.82, 2.24) is 24.8 Å². The van der Waals surface area contributed by atoms with Crippen molar-refractivity contribution in [2.24, 2.45) is 5.92 Å². The molecule has 2 aromatic heterocycles. The number of aromatic nitrogens is 4. The van der Waals surface area contributed by atoms with Gasteiger partial charge in [-0.3, -0.25) is 9.78 Å². The van der Waals surface area contributed by atoms with E-state index in [-0.39, 0.29) is 17.7 Å². The molecule has 126 valence electrons. The van der Waals surface area contributed by atoms with Gasteiger partial charge < -0.3 is 10.2 Å². The predicted molar refractivity (Wildman–Crippen MR) is 90.7 cm³/mol. The fourth-order valence-corrected chi connectivity index (χ4v) is 2.95. The first-order chi connectivity index (χ1) is 11.6. The lowest BCUT2D eigenvalue weighted by Gasteiger charge is -2.33. The van der Waals surface area contributed by atoms with E-state index in [1.165, 1.54) is 0 Å². The maximum absolute atomic E-state index is 12.1. The lowest BCUT2D eigenvalue weighted by Crippen LogP contribution is -2.40. The van der Waals surface area contributed by atoms with Crippen LogP contribution >= 0.6 is 0 Å². The third kappa shape index (κ3) is 3.67. The van der Waals surface area contributed by atoms with E-state index < -0.39 is 0 Å². The molecule has 3 rings (SSSR count). The van der Waals surface area contributed by atoms with E-state index in [0.29, 0.717) is 11.8 Å². The van der Waals surface area contributed by atoms with E-state index in [9.17, 15) is 4.79 Å². The molecule has 0 spiro atoms. The number of nitrogens with zero attached hydrogens (tertiary/aromatic N) is 5. The molecule has 0 saturated carbocycles. The lowest BCUT2D eigenvalue weighted by molar-refractivity contribution is -0.135. The van der Waals surface area contributed by atoms with Crippen molar-refractivity contribution in [2.75, 3.05) is 18.4 Å². The van der Waals surface area contributed by atoms with Crippen LogP contribution in [0.2, 0.25) is 0 Å². The molecule has 1 aliphatic rings. The molecule has 0 atom stereocenters. The number of carbonyl (C=O) groups excluding carboxylic acids is 1. The Hall–Kier alpha value is -2.57. The number of likely N-dealkylation sites (tertiary alicyclic amines) is 1. The highest BCUT2D eigenvalue weighted by Gasteiger charge is 2.27. The predicted octanol–water partition coefficient (Wildman–Crippen LogP) is 2.37. The number of rotatable bonds is 4. The van der Waals surface area contributed by atoms with Crippen LogP contribution in [-0.4, -0.2) is 43.8 Å². The Morgan fingerprint density at radius 2 is 1.75 bits per heavy atom. The second-order valence-electron chi connectivity index (χ2n) is 6.24. The van der Waals surface area contributed by atoms with Crippen LogP contribution in [-0.2, 0) is 4.79 Å². The largest absolute Gasteiger partial charge is 0.342 e. The van der Waals surface area contributed by atoms with Gasteiger partial charge in [0.15, 0.2) is 5.82 Å². The van der Waals surface area contributed by atoms with Gasteiger partial charge in [0.1, 0.15) is 0 Å². The first-order valence-corrected chi connectivity index (χ1v) is 8.29. The fourth-order valence-electron chi connectivity index (χ4n) is 2.95. The summed E-state index contributed by atoms with van der Waals surface area (Å²) in [4.78, 5) is 31.3. The SMILES string of the molecule is CC(C)C(=O)N1CCC(c2nccnc2Nc2ncccn2)CC1. The van der Waals surface area contributed by atoms with Gasteiger partial charge in [-0.25, -0.2) is 15.0 Å². The number of carbonyl (C=O) groups is 1. The average Bonchev–Trinajstić information content (AvgIpc) is 2.62. The van der Waals surface area contributed by atoms with E-state index in [4.69, 9.17) is 0 Å². The van der Waals surface area contributed by atoms with E-state index in [1.807, 2.05) is 18.7 Å². The minimum absolute atomic E-state index is 0.0468. The van der Waals surface area contributed by atoms with Crippen LogP contribution in [0.1, 0.15) is 38.3 Å². The van der Waals surface area contributed by atoms with Crippen molar-refractivity contribution in [3.63, 3.8) is 0 Å². The van der Waals surface area contributed by atoms with Crippen LogP contribution < -0.4 is 5.32 Å². The molecule has 7 heteroatoms. The van der Waals surface area contributed by atoms with Crippen molar-refractivity contribution >= 4 is 17.7 Å². The molecule has 0 aliphatic carbocycles. The highest BCUT2D eigenvalue weighted by Crippen LogP contribution is 2.31. The highest BCUT2D eigenvalue weighted by atomic mass is 16.2. The smallest absolute Gasteiger partial charge is 0.228 e. The fraction of sp³-hybridized carbons (Fsp3) is 0.471. The summed E-state index contributed by atoms with van der Waals surface area (Å²) in [5.74, 6) is 1.75. The number of amides is 1. The van der Waals surface area contributed by atoms with Gasteiger partial charge >= 0.3 is 0 Å². The Kier molecular flexibility index (Phi) is 4.98. The van der Waals surface area contributed by atoms with Gasteiger partial charge in [-0.1, -0.05) is 13.8 Å². The third-order valence-corrected chi connectivity index (χ3v) is 4.21. The molecule has 0 bridgehead atoms. The first kappa shape index (κ1) is 16.3. The zero-order valence-corrected chi connectivity index (χ0v) is 14.0. The Balaban J connectivity index is 1.71. The number of nitrogens with one attached hydrogen (secondary N) is 1. The number of piperidine rings is 1. The summed E-state index contributed by atoms with van der Waals surface area (Å²) < 4.78 is 0. The molecule has 1 amide bonds. The lowest BCUT2D eigenvalue weighted by atomic mass is 9.92. The van der Waals surface area contributed by atoms with Gasteiger partial charge in [0, 0.05) is 49.7 Å². The van der Waals surface area contributed by atoms with E-state index in [0.717, 1.165) is 31.6 Å². The molecular formula is C17H22N6O. The van der Waals surface area contributed by atoms with Crippen molar-refractivity contribution < 1.29 is 4.79 Å². The quantitative estimate of drug-likeness (QED) is 0.928. The number of hydrogen-bond acceptors (Lipinski definition) is 6. The van der Waals surface area contributed by atoms with E-state index >= 15 is 0 Å².